The molecule has 0 atom stereocenters. The summed E-state index contributed by atoms with van der Waals surface area (Å²) in [5.41, 5.74) is -0.954. The molecule has 0 saturated heterocycles. The van der Waals surface area contributed by atoms with E-state index >= 15 is 0 Å². The summed E-state index contributed by atoms with van der Waals surface area (Å²) in [6.07, 6.45) is 0.530. The van der Waals surface area contributed by atoms with Gasteiger partial charge >= 0.3 is 0 Å². The van der Waals surface area contributed by atoms with E-state index in [4.69, 9.17) is 5.41 Å². The first-order chi connectivity index (χ1) is 6.56. The largest absolute Gasteiger partial charge is 0.285 e. The van der Waals surface area contributed by atoms with Crippen LogP contribution < -0.4 is 5.41 Å². The summed E-state index contributed by atoms with van der Waals surface area (Å²) in [4.78, 5) is 19.2. The van der Waals surface area contributed by atoms with Gasteiger partial charge in [0.1, 0.15) is 0 Å². The highest BCUT2D eigenvalue weighted by Crippen LogP contribution is 2.22. The first-order valence-corrected chi connectivity index (χ1v) is 3.46. The highest BCUT2D eigenvalue weighted by molar-refractivity contribution is 5.84. The SMILES string of the molecule is [N]=Cc1ccc([N+](=O)[O-])cc1[N+](=O)[O-]. The van der Waals surface area contributed by atoms with Gasteiger partial charge in [-0.15, -0.1) is 0 Å². The lowest BCUT2D eigenvalue weighted by Crippen LogP contribution is -1.97. The minimum atomic E-state index is -0.797. The van der Waals surface area contributed by atoms with Crippen LogP contribution in [0.25, 0.3) is 0 Å². The van der Waals surface area contributed by atoms with Crippen molar-refractivity contribution in [1.82, 2.24) is 5.41 Å². The molecule has 0 N–H and O–H groups in total. The number of nitro groups is 2. The van der Waals surface area contributed by atoms with Crippen molar-refractivity contribution in [2.75, 3.05) is 0 Å². The first-order valence-electron chi connectivity index (χ1n) is 3.46. The minimum absolute atomic E-state index is 0.0689. The van der Waals surface area contributed by atoms with Gasteiger partial charge in [-0.25, -0.2) is 0 Å². The van der Waals surface area contributed by atoms with Gasteiger partial charge in [0, 0.05) is 6.07 Å². The molecule has 0 saturated carbocycles. The molecule has 0 aromatic heterocycles. The average molecular weight is 194 g/mol. The van der Waals surface area contributed by atoms with Crippen LogP contribution in [-0.2, 0) is 0 Å². The summed E-state index contributed by atoms with van der Waals surface area (Å²) in [6, 6.07) is 2.98. The molecule has 71 valence electrons. The first kappa shape index (κ1) is 9.78. The van der Waals surface area contributed by atoms with Gasteiger partial charge in [0.15, 0.2) is 0 Å². The number of nitro benzene ring substituents is 2. The molecule has 0 bridgehead atoms. The van der Waals surface area contributed by atoms with E-state index < -0.39 is 15.5 Å². The molecule has 0 aliphatic carbocycles. The van der Waals surface area contributed by atoms with Gasteiger partial charge < -0.3 is 0 Å². The fourth-order valence-corrected chi connectivity index (χ4v) is 0.913. The van der Waals surface area contributed by atoms with Crippen molar-refractivity contribution in [2.45, 2.75) is 0 Å². The van der Waals surface area contributed by atoms with Gasteiger partial charge in [-0.1, -0.05) is 0 Å². The number of hydrogen-bond acceptors (Lipinski definition) is 4. The Morgan fingerprint density at radius 3 is 2.29 bits per heavy atom. The number of benzene rings is 1. The predicted molar refractivity (Wildman–Crippen MR) is 47.1 cm³/mol. The average Bonchev–Trinajstić information content (AvgIpc) is 2.16. The van der Waals surface area contributed by atoms with Crippen LogP contribution >= 0.6 is 0 Å². The third-order valence-electron chi connectivity index (χ3n) is 1.56. The molecular weight excluding hydrogens is 190 g/mol. The van der Waals surface area contributed by atoms with E-state index in [9.17, 15) is 20.2 Å². The summed E-state index contributed by atoms with van der Waals surface area (Å²) in [5.74, 6) is 0. The molecular formula is C7H4N3O4. The maximum Gasteiger partial charge on any atom is 0.285 e. The maximum atomic E-state index is 10.4. The molecule has 0 heterocycles. The van der Waals surface area contributed by atoms with E-state index in [1.54, 1.807) is 0 Å². The van der Waals surface area contributed by atoms with Gasteiger partial charge in [0.25, 0.3) is 11.4 Å². The lowest BCUT2D eigenvalue weighted by Gasteiger charge is -1.95. The van der Waals surface area contributed by atoms with Crippen LogP contribution in [0, 0.1) is 20.2 Å². The van der Waals surface area contributed by atoms with E-state index in [2.05, 4.69) is 0 Å². The van der Waals surface area contributed by atoms with E-state index in [1.165, 1.54) is 0 Å². The van der Waals surface area contributed by atoms with Gasteiger partial charge in [0.2, 0.25) is 0 Å². The van der Waals surface area contributed by atoms with Crippen molar-refractivity contribution in [3.05, 3.63) is 44.0 Å². The smallest absolute Gasteiger partial charge is 0.258 e. The second kappa shape index (κ2) is 3.60. The zero-order valence-corrected chi connectivity index (χ0v) is 6.78. The normalized spacial score (nSPS) is 9.43. The molecule has 0 aliphatic rings. The Kier molecular flexibility index (Phi) is 2.52. The second-order valence-electron chi connectivity index (χ2n) is 2.39. The minimum Gasteiger partial charge on any atom is -0.258 e. The Hall–Kier alpha value is -2.31. The molecule has 7 heteroatoms. The molecule has 1 rings (SSSR count). The molecule has 0 spiro atoms. The van der Waals surface area contributed by atoms with Gasteiger partial charge in [-0.2, -0.15) is 5.41 Å². The lowest BCUT2D eigenvalue weighted by atomic mass is 10.2. The van der Waals surface area contributed by atoms with Crippen LogP contribution in [0.3, 0.4) is 0 Å². The lowest BCUT2D eigenvalue weighted by molar-refractivity contribution is -0.394. The third-order valence-corrected chi connectivity index (χ3v) is 1.56. The Labute approximate surface area is 77.8 Å². The van der Waals surface area contributed by atoms with Gasteiger partial charge in [0.05, 0.1) is 27.7 Å². The Balaban J connectivity index is 3.34. The van der Waals surface area contributed by atoms with Crippen LogP contribution in [0.5, 0.6) is 0 Å². The fourth-order valence-electron chi connectivity index (χ4n) is 0.913. The summed E-state index contributed by atoms with van der Waals surface area (Å²) in [5, 5.41) is 29.3. The second-order valence-corrected chi connectivity index (χ2v) is 2.39. The molecule has 1 aromatic rings. The number of hydrogen-bond donors (Lipinski definition) is 0. The standard InChI is InChI=1S/C7H4N3O4/c8-4-5-1-2-6(9(11)12)3-7(5)10(13)14/h1-4H. The molecule has 0 amide bonds. The van der Waals surface area contributed by atoms with Crippen molar-refractivity contribution in [3.8, 4) is 0 Å². The number of nitrogens with zero attached hydrogens (tertiary/aromatic N) is 3. The van der Waals surface area contributed by atoms with E-state index in [-0.39, 0.29) is 11.3 Å². The Bertz CT molecular complexity index is 415. The van der Waals surface area contributed by atoms with Crippen LogP contribution in [0.15, 0.2) is 18.2 Å². The topological polar surface area (TPSA) is 109 Å². The molecule has 1 aromatic carbocycles. The summed E-state index contributed by atoms with van der Waals surface area (Å²) < 4.78 is 0. The maximum absolute atomic E-state index is 10.4. The molecule has 1 radical (unpaired) electrons. The van der Waals surface area contributed by atoms with Crippen LogP contribution in [-0.4, -0.2) is 16.1 Å². The number of non-ortho nitro benzene ring substituents is 1. The van der Waals surface area contributed by atoms with Crippen molar-refractivity contribution in [3.63, 3.8) is 0 Å². The zero-order valence-electron chi connectivity index (χ0n) is 6.78. The molecule has 14 heavy (non-hydrogen) atoms. The summed E-state index contributed by atoms with van der Waals surface area (Å²) in [6.45, 7) is 0. The summed E-state index contributed by atoms with van der Waals surface area (Å²) >= 11 is 0. The zero-order chi connectivity index (χ0) is 10.7. The Morgan fingerprint density at radius 2 is 1.86 bits per heavy atom. The van der Waals surface area contributed by atoms with Gasteiger partial charge in [-0.05, 0) is 6.07 Å². The summed E-state index contributed by atoms with van der Waals surface area (Å²) in [7, 11) is 0. The van der Waals surface area contributed by atoms with Crippen molar-refractivity contribution in [1.29, 1.82) is 0 Å². The van der Waals surface area contributed by atoms with E-state index in [0.717, 1.165) is 18.2 Å². The molecule has 7 nitrogen and oxygen atoms in total. The predicted octanol–water partition coefficient (Wildman–Crippen LogP) is 0.722. The van der Waals surface area contributed by atoms with Crippen LogP contribution in [0.2, 0.25) is 0 Å². The highest BCUT2D eigenvalue weighted by atomic mass is 16.6. The monoisotopic (exact) mass is 194 g/mol. The number of rotatable bonds is 3. The van der Waals surface area contributed by atoms with Crippen molar-refractivity contribution < 1.29 is 9.85 Å². The van der Waals surface area contributed by atoms with Gasteiger partial charge in [-0.3, -0.25) is 20.2 Å². The van der Waals surface area contributed by atoms with Crippen LogP contribution in [0.4, 0.5) is 11.4 Å². The van der Waals surface area contributed by atoms with E-state index in [0.29, 0.717) is 6.21 Å². The molecule has 0 aliphatic heterocycles. The van der Waals surface area contributed by atoms with Crippen LogP contribution in [0.1, 0.15) is 5.56 Å². The molecule has 0 fully saturated rings. The Morgan fingerprint density at radius 1 is 1.21 bits per heavy atom. The van der Waals surface area contributed by atoms with Crippen molar-refractivity contribution >= 4 is 17.6 Å². The van der Waals surface area contributed by atoms with E-state index in [1.807, 2.05) is 0 Å². The fraction of sp³-hybridized carbons (Fsp3) is 0. The third kappa shape index (κ3) is 1.71. The quantitative estimate of drug-likeness (QED) is 0.401. The van der Waals surface area contributed by atoms with Crippen molar-refractivity contribution in [2.24, 2.45) is 0 Å². The highest BCUT2D eigenvalue weighted by Gasteiger charge is 2.17. The molecule has 0 unspecified atom stereocenters.